The zero-order valence-corrected chi connectivity index (χ0v) is 16.6. The number of halogens is 2. The summed E-state index contributed by atoms with van der Waals surface area (Å²) in [7, 11) is 0. The van der Waals surface area contributed by atoms with Crippen LogP contribution in [0, 0.1) is 17.7 Å². The average Bonchev–Trinajstić information content (AvgIpc) is 2.92. The van der Waals surface area contributed by atoms with Gasteiger partial charge in [0.25, 0.3) is 11.8 Å². The summed E-state index contributed by atoms with van der Waals surface area (Å²) in [6.45, 7) is 4.42. The molecule has 28 heavy (non-hydrogen) atoms. The molecule has 1 aliphatic carbocycles. The van der Waals surface area contributed by atoms with Crippen molar-refractivity contribution in [2.75, 3.05) is 18.1 Å². The van der Waals surface area contributed by atoms with Crippen molar-refractivity contribution in [1.82, 2.24) is 0 Å². The molecule has 1 unspecified atom stereocenters. The van der Waals surface area contributed by atoms with Gasteiger partial charge in [-0.05, 0) is 45.6 Å². The van der Waals surface area contributed by atoms with Crippen LogP contribution in [-0.2, 0) is 14.3 Å². The van der Waals surface area contributed by atoms with Gasteiger partial charge in [0, 0.05) is 23.8 Å². The van der Waals surface area contributed by atoms with Crippen molar-refractivity contribution in [3.8, 4) is 17.6 Å². The molecule has 1 aromatic carbocycles. The van der Waals surface area contributed by atoms with E-state index in [9.17, 15) is 14.0 Å². The quantitative estimate of drug-likeness (QED) is 0.421. The number of carbonyl (C=O) groups excluding carboxylic acids is 2. The van der Waals surface area contributed by atoms with Crippen molar-refractivity contribution >= 4 is 29.1 Å². The number of hydrogen-bond acceptors (Lipinski definition) is 4. The van der Waals surface area contributed by atoms with Crippen LogP contribution in [0.4, 0.5) is 10.1 Å². The van der Waals surface area contributed by atoms with E-state index in [0.29, 0.717) is 30.6 Å². The lowest BCUT2D eigenvalue weighted by molar-refractivity contribution is -0.120. The molecule has 0 aromatic heterocycles. The zero-order chi connectivity index (χ0) is 20.3. The summed E-state index contributed by atoms with van der Waals surface area (Å²) in [6.07, 6.45) is 2.25. The first-order valence-electron chi connectivity index (χ1n) is 9.26. The molecular formula is C21H21ClFNO4. The summed E-state index contributed by atoms with van der Waals surface area (Å²) in [5.74, 6) is 4.14. The second-order valence-electron chi connectivity index (χ2n) is 6.56. The Labute approximate surface area is 168 Å². The van der Waals surface area contributed by atoms with Gasteiger partial charge in [-0.25, -0.2) is 9.29 Å². The largest absolute Gasteiger partial charge is 0.476 e. The Balaban J connectivity index is 1.85. The van der Waals surface area contributed by atoms with Crippen LogP contribution in [0.15, 0.2) is 23.3 Å². The van der Waals surface area contributed by atoms with Crippen molar-refractivity contribution in [1.29, 1.82) is 0 Å². The summed E-state index contributed by atoms with van der Waals surface area (Å²) in [4.78, 5) is 26.3. The van der Waals surface area contributed by atoms with E-state index >= 15 is 0 Å². The highest BCUT2D eigenvalue weighted by molar-refractivity contribution is 6.34. The first-order chi connectivity index (χ1) is 13.4. The van der Waals surface area contributed by atoms with E-state index in [1.165, 1.54) is 6.07 Å². The molecule has 3 rings (SSSR count). The van der Waals surface area contributed by atoms with Gasteiger partial charge in [-0.1, -0.05) is 23.4 Å². The highest BCUT2D eigenvalue weighted by Crippen LogP contribution is 2.39. The maximum absolute atomic E-state index is 14.6. The smallest absolute Gasteiger partial charge is 0.261 e. The van der Waals surface area contributed by atoms with Gasteiger partial charge in [0.2, 0.25) is 0 Å². The number of benzene rings is 1. The van der Waals surface area contributed by atoms with Crippen LogP contribution < -0.4 is 9.64 Å². The van der Waals surface area contributed by atoms with Gasteiger partial charge in [-0.2, -0.15) is 0 Å². The molecule has 0 saturated heterocycles. The summed E-state index contributed by atoms with van der Waals surface area (Å²) in [6, 6.07) is 2.33. The van der Waals surface area contributed by atoms with Crippen LogP contribution in [-0.4, -0.2) is 31.1 Å². The lowest BCUT2D eigenvalue weighted by Gasteiger charge is -2.19. The Bertz CT molecular complexity index is 872. The Hall–Kier alpha value is -2.36. The van der Waals surface area contributed by atoms with E-state index in [1.54, 1.807) is 6.92 Å². The van der Waals surface area contributed by atoms with Crippen molar-refractivity contribution in [3.63, 3.8) is 0 Å². The maximum Gasteiger partial charge on any atom is 0.261 e. The van der Waals surface area contributed by atoms with Crippen LogP contribution in [0.3, 0.4) is 0 Å². The number of anilines is 1. The fraction of sp³-hybridized carbons (Fsp3) is 0.429. The summed E-state index contributed by atoms with van der Waals surface area (Å²) >= 11 is 6.09. The molecule has 148 valence electrons. The van der Waals surface area contributed by atoms with E-state index in [-0.39, 0.29) is 23.1 Å². The molecule has 0 radical (unpaired) electrons. The zero-order valence-electron chi connectivity index (χ0n) is 15.8. The van der Waals surface area contributed by atoms with Crippen molar-refractivity contribution in [3.05, 3.63) is 34.1 Å². The van der Waals surface area contributed by atoms with Crippen molar-refractivity contribution < 1.29 is 23.5 Å². The van der Waals surface area contributed by atoms with Crippen LogP contribution in [0.25, 0.3) is 0 Å². The Morgan fingerprint density at radius 2 is 1.86 bits per heavy atom. The van der Waals surface area contributed by atoms with E-state index in [2.05, 4.69) is 11.8 Å². The van der Waals surface area contributed by atoms with Gasteiger partial charge in [0.1, 0.15) is 18.2 Å². The van der Waals surface area contributed by atoms with Crippen molar-refractivity contribution in [2.24, 2.45) is 0 Å². The molecule has 0 N–H and O–H groups in total. The molecule has 0 bridgehead atoms. The maximum atomic E-state index is 14.6. The lowest BCUT2D eigenvalue weighted by Crippen LogP contribution is -2.32. The van der Waals surface area contributed by atoms with Crippen LogP contribution >= 0.6 is 11.6 Å². The molecule has 1 heterocycles. The minimum Gasteiger partial charge on any atom is -0.476 e. The first kappa shape index (κ1) is 20.4. The predicted molar refractivity (Wildman–Crippen MR) is 104 cm³/mol. The van der Waals surface area contributed by atoms with Crippen LogP contribution in [0.2, 0.25) is 5.02 Å². The lowest BCUT2D eigenvalue weighted by atomic mass is 9.93. The van der Waals surface area contributed by atoms with Gasteiger partial charge in [-0.3, -0.25) is 9.59 Å². The average molecular weight is 406 g/mol. The summed E-state index contributed by atoms with van der Waals surface area (Å²) in [5.41, 5.74) is 0.824. The van der Waals surface area contributed by atoms with E-state index in [1.807, 2.05) is 6.92 Å². The fourth-order valence-electron chi connectivity index (χ4n) is 3.30. The molecule has 5 nitrogen and oxygen atoms in total. The monoisotopic (exact) mass is 405 g/mol. The summed E-state index contributed by atoms with van der Waals surface area (Å²) < 4.78 is 25.4. The van der Waals surface area contributed by atoms with Crippen molar-refractivity contribution in [2.45, 2.75) is 45.6 Å². The third-order valence-electron chi connectivity index (χ3n) is 4.62. The van der Waals surface area contributed by atoms with Gasteiger partial charge >= 0.3 is 0 Å². The Kier molecular flexibility index (Phi) is 6.38. The van der Waals surface area contributed by atoms with E-state index in [4.69, 9.17) is 21.1 Å². The van der Waals surface area contributed by atoms with Gasteiger partial charge in [-0.15, -0.1) is 0 Å². The Morgan fingerprint density at radius 3 is 2.46 bits per heavy atom. The normalized spacial score (nSPS) is 17.4. The topological polar surface area (TPSA) is 55.8 Å². The first-order valence-corrected chi connectivity index (χ1v) is 9.64. The van der Waals surface area contributed by atoms with E-state index < -0.39 is 23.7 Å². The number of hydrogen-bond donors (Lipinski definition) is 0. The molecule has 0 spiro atoms. The number of carbonyl (C=O) groups is 2. The molecule has 2 amide bonds. The number of imide groups is 1. The van der Waals surface area contributed by atoms with Crippen LogP contribution in [0.5, 0.6) is 5.75 Å². The number of nitrogens with zero attached hydrogens (tertiary/aromatic N) is 1. The molecule has 1 atom stereocenters. The molecule has 1 aliphatic heterocycles. The second-order valence-corrected chi connectivity index (χ2v) is 6.97. The van der Waals surface area contributed by atoms with Gasteiger partial charge in [0.15, 0.2) is 6.10 Å². The standard InChI is InChI=1S/C21H21ClFNO4/c1-3-27-10-6-7-13(2)28-19-12-18(17(23)11-16(19)22)24-20(25)14-8-4-5-9-15(14)21(24)26/h11-13H,3-5,8-10H2,1-2H3. The molecule has 7 heteroatoms. The van der Waals surface area contributed by atoms with Gasteiger partial charge in [0.05, 0.1) is 10.7 Å². The van der Waals surface area contributed by atoms with E-state index in [0.717, 1.165) is 23.8 Å². The molecule has 2 aliphatic rings. The minimum absolute atomic E-state index is 0.0384. The molecule has 0 saturated carbocycles. The van der Waals surface area contributed by atoms with Gasteiger partial charge < -0.3 is 9.47 Å². The predicted octanol–water partition coefficient (Wildman–Crippen LogP) is 4.03. The third kappa shape index (κ3) is 4.06. The fourth-order valence-corrected chi connectivity index (χ4v) is 3.49. The summed E-state index contributed by atoms with van der Waals surface area (Å²) in [5, 5.41) is 0.0384. The highest BCUT2D eigenvalue weighted by Gasteiger charge is 2.41. The number of ether oxygens (including phenoxy) is 2. The van der Waals surface area contributed by atoms with Crippen LogP contribution in [0.1, 0.15) is 39.5 Å². The molecule has 1 aromatic rings. The number of amides is 2. The molecule has 0 fully saturated rings. The Morgan fingerprint density at radius 1 is 1.21 bits per heavy atom. The second kappa shape index (κ2) is 8.76. The highest BCUT2D eigenvalue weighted by atomic mass is 35.5. The minimum atomic E-state index is -0.756. The SMILES string of the molecule is CCOCC#CC(C)Oc1cc(N2C(=O)C3=C(CCCC3)C2=O)c(F)cc1Cl. The third-order valence-corrected chi connectivity index (χ3v) is 4.92. The number of rotatable bonds is 5. The molecular weight excluding hydrogens is 385 g/mol.